The molecule has 1 heterocycles. The molecule has 0 bridgehead atoms. The van der Waals surface area contributed by atoms with Crippen molar-refractivity contribution in [3.8, 4) is 0 Å². The second-order valence-electron chi connectivity index (χ2n) is 5.36. The largest absolute Gasteiger partial charge is 0.355 e. The Morgan fingerprint density at radius 3 is 2.65 bits per heavy atom. The van der Waals surface area contributed by atoms with Crippen LogP contribution in [0.15, 0.2) is 47.6 Å². The number of hydrogen-bond donors (Lipinski definition) is 1. The van der Waals surface area contributed by atoms with Gasteiger partial charge >= 0.3 is 0 Å². The Bertz CT molecular complexity index is 612. The zero-order chi connectivity index (χ0) is 16.5. The molecular weight excluding hydrogens is 324 g/mol. The van der Waals surface area contributed by atoms with E-state index in [-0.39, 0.29) is 5.91 Å². The summed E-state index contributed by atoms with van der Waals surface area (Å²) in [4.78, 5) is 16.1. The SMILES string of the molecule is Cc1cc(C)cc(CSCC(=O)NCCSc2ccccn2)c1. The fourth-order valence-electron chi connectivity index (χ4n) is 2.24. The molecule has 0 aliphatic rings. The van der Waals surface area contributed by atoms with Crippen molar-refractivity contribution in [3.63, 3.8) is 0 Å². The Morgan fingerprint density at radius 1 is 1.17 bits per heavy atom. The Kier molecular flexibility index (Phi) is 7.49. The number of pyridine rings is 1. The number of nitrogens with zero attached hydrogens (tertiary/aromatic N) is 1. The maximum absolute atomic E-state index is 11.8. The standard InChI is InChI=1S/C18H22N2OS2/c1-14-9-15(2)11-16(10-14)12-22-13-17(21)19-7-8-23-18-5-3-4-6-20-18/h3-6,9-11H,7-8,12-13H2,1-2H3,(H,19,21). The maximum Gasteiger partial charge on any atom is 0.230 e. The molecule has 2 aromatic rings. The molecule has 122 valence electrons. The average molecular weight is 347 g/mol. The quantitative estimate of drug-likeness (QED) is 0.582. The lowest BCUT2D eigenvalue weighted by atomic mass is 10.1. The molecule has 0 saturated carbocycles. The van der Waals surface area contributed by atoms with Gasteiger partial charge in [0.15, 0.2) is 0 Å². The van der Waals surface area contributed by atoms with Crippen molar-refractivity contribution in [2.45, 2.75) is 24.6 Å². The molecule has 1 amide bonds. The first kappa shape index (κ1) is 17.9. The number of carbonyl (C=O) groups is 1. The summed E-state index contributed by atoms with van der Waals surface area (Å²) < 4.78 is 0. The topological polar surface area (TPSA) is 42.0 Å². The van der Waals surface area contributed by atoms with Crippen LogP contribution in [0.2, 0.25) is 0 Å². The van der Waals surface area contributed by atoms with E-state index in [2.05, 4.69) is 42.3 Å². The summed E-state index contributed by atoms with van der Waals surface area (Å²) in [6, 6.07) is 12.4. The van der Waals surface area contributed by atoms with Gasteiger partial charge in [0.2, 0.25) is 5.91 Å². The van der Waals surface area contributed by atoms with Gasteiger partial charge in [0.05, 0.1) is 10.8 Å². The van der Waals surface area contributed by atoms with Gasteiger partial charge in [-0.25, -0.2) is 4.98 Å². The van der Waals surface area contributed by atoms with E-state index in [0.717, 1.165) is 16.5 Å². The second kappa shape index (κ2) is 9.63. The number of hydrogen-bond acceptors (Lipinski definition) is 4. The minimum Gasteiger partial charge on any atom is -0.355 e. The molecule has 23 heavy (non-hydrogen) atoms. The van der Waals surface area contributed by atoms with E-state index in [4.69, 9.17) is 0 Å². The van der Waals surface area contributed by atoms with Crippen molar-refractivity contribution in [2.75, 3.05) is 18.1 Å². The van der Waals surface area contributed by atoms with Crippen molar-refractivity contribution in [1.82, 2.24) is 10.3 Å². The maximum atomic E-state index is 11.8. The van der Waals surface area contributed by atoms with Crippen LogP contribution in [0.3, 0.4) is 0 Å². The molecule has 0 aliphatic carbocycles. The molecule has 5 heteroatoms. The lowest BCUT2D eigenvalue weighted by Gasteiger charge is -2.06. The number of nitrogens with one attached hydrogen (secondary N) is 1. The predicted octanol–water partition coefficient (Wildman–Crippen LogP) is 3.84. The minimum atomic E-state index is 0.0981. The number of rotatable bonds is 8. The molecule has 0 aliphatic heterocycles. The van der Waals surface area contributed by atoms with Gasteiger partial charge < -0.3 is 5.32 Å². The van der Waals surface area contributed by atoms with Crippen LogP contribution in [-0.2, 0) is 10.5 Å². The van der Waals surface area contributed by atoms with Gasteiger partial charge in [-0.3, -0.25) is 4.79 Å². The van der Waals surface area contributed by atoms with Gasteiger partial charge in [-0.05, 0) is 31.5 Å². The lowest BCUT2D eigenvalue weighted by molar-refractivity contribution is -0.118. The van der Waals surface area contributed by atoms with Gasteiger partial charge in [-0.1, -0.05) is 35.4 Å². The number of thioether (sulfide) groups is 2. The molecule has 2 rings (SSSR count). The van der Waals surface area contributed by atoms with Crippen molar-refractivity contribution in [3.05, 3.63) is 59.3 Å². The summed E-state index contributed by atoms with van der Waals surface area (Å²) in [5.74, 6) is 2.31. The van der Waals surface area contributed by atoms with Crippen LogP contribution in [0.1, 0.15) is 16.7 Å². The van der Waals surface area contributed by atoms with Crippen LogP contribution in [-0.4, -0.2) is 28.9 Å². The van der Waals surface area contributed by atoms with E-state index in [1.165, 1.54) is 16.7 Å². The predicted molar refractivity (Wildman–Crippen MR) is 100 cm³/mol. The van der Waals surface area contributed by atoms with Crippen molar-refractivity contribution < 1.29 is 4.79 Å². The highest BCUT2D eigenvalue weighted by molar-refractivity contribution is 7.99. The Morgan fingerprint density at radius 2 is 1.96 bits per heavy atom. The number of aryl methyl sites for hydroxylation is 2. The Labute approximate surface area is 146 Å². The van der Waals surface area contributed by atoms with E-state index < -0.39 is 0 Å². The molecule has 0 radical (unpaired) electrons. The monoisotopic (exact) mass is 346 g/mol. The molecular formula is C18H22N2OS2. The average Bonchev–Trinajstić information content (AvgIpc) is 2.52. The fourth-order valence-corrected chi connectivity index (χ4v) is 3.76. The van der Waals surface area contributed by atoms with Crippen LogP contribution in [0.25, 0.3) is 0 Å². The summed E-state index contributed by atoms with van der Waals surface area (Å²) in [7, 11) is 0. The third-order valence-corrected chi connectivity index (χ3v) is 5.04. The van der Waals surface area contributed by atoms with Gasteiger partial charge in [0.1, 0.15) is 0 Å². The smallest absolute Gasteiger partial charge is 0.230 e. The first-order valence-electron chi connectivity index (χ1n) is 7.59. The molecule has 0 atom stereocenters. The Balaban J connectivity index is 1.60. The van der Waals surface area contributed by atoms with Gasteiger partial charge in [-0.2, -0.15) is 0 Å². The Hall–Kier alpha value is -1.46. The normalized spacial score (nSPS) is 10.5. The summed E-state index contributed by atoms with van der Waals surface area (Å²) in [6.07, 6.45) is 1.78. The number of aromatic nitrogens is 1. The molecule has 3 nitrogen and oxygen atoms in total. The molecule has 0 fully saturated rings. The zero-order valence-electron chi connectivity index (χ0n) is 13.5. The highest BCUT2D eigenvalue weighted by Gasteiger charge is 2.03. The molecule has 1 N–H and O–H groups in total. The third kappa shape index (κ3) is 7.10. The van der Waals surface area contributed by atoms with Gasteiger partial charge in [-0.15, -0.1) is 23.5 Å². The second-order valence-corrected chi connectivity index (χ2v) is 7.46. The first-order chi connectivity index (χ1) is 11.1. The van der Waals surface area contributed by atoms with Crippen LogP contribution >= 0.6 is 23.5 Å². The van der Waals surface area contributed by atoms with Crippen LogP contribution in [0.4, 0.5) is 0 Å². The highest BCUT2D eigenvalue weighted by atomic mass is 32.2. The fraction of sp³-hybridized carbons (Fsp3) is 0.333. The summed E-state index contributed by atoms with van der Waals surface area (Å²) >= 11 is 3.31. The summed E-state index contributed by atoms with van der Waals surface area (Å²) in [5.41, 5.74) is 3.83. The zero-order valence-corrected chi connectivity index (χ0v) is 15.2. The van der Waals surface area contributed by atoms with Gasteiger partial charge in [0.25, 0.3) is 0 Å². The number of benzene rings is 1. The minimum absolute atomic E-state index is 0.0981. The van der Waals surface area contributed by atoms with Crippen LogP contribution in [0, 0.1) is 13.8 Å². The lowest BCUT2D eigenvalue weighted by Crippen LogP contribution is -2.27. The molecule has 0 unspecified atom stereocenters. The van der Waals surface area contributed by atoms with E-state index in [1.807, 2.05) is 18.2 Å². The number of carbonyl (C=O) groups excluding carboxylic acids is 1. The number of amides is 1. The van der Waals surface area contributed by atoms with Crippen molar-refractivity contribution in [2.24, 2.45) is 0 Å². The van der Waals surface area contributed by atoms with Crippen molar-refractivity contribution in [1.29, 1.82) is 0 Å². The van der Waals surface area contributed by atoms with E-state index in [0.29, 0.717) is 12.3 Å². The van der Waals surface area contributed by atoms with Crippen LogP contribution in [0.5, 0.6) is 0 Å². The summed E-state index contributed by atoms with van der Waals surface area (Å²) in [6.45, 7) is 4.88. The third-order valence-electron chi connectivity index (χ3n) is 3.10. The molecule has 0 saturated heterocycles. The molecule has 1 aromatic carbocycles. The molecule has 1 aromatic heterocycles. The van der Waals surface area contributed by atoms with E-state index >= 15 is 0 Å². The summed E-state index contributed by atoms with van der Waals surface area (Å²) in [5, 5.41) is 3.95. The van der Waals surface area contributed by atoms with E-state index in [9.17, 15) is 4.79 Å². The highest BCUT2D eigenvalue weighted by Crippen LogP contribution is 2.16. The van der Waals surface area contributed by atoms with Gasteiger partial charge in [0, 0.05) is 24.2 Å². The van der Waals surface area contributed by atoms with Crippen molar-refractivity contribution >= 4 is 29.4 Å². The van der Waals surface area contributed by atoms with E-state index in [1.54, 1.807) is 29.7 Å². The first-order valence-corrected chi connectivity index (χ1v) is 9.73. The van der Waals surface area contributed by atoms with Crippen LogP contribution < -0.4 is 5.32 Å². The molecule has 0 spiro atoms.